The number of alkyl carbamates (subject to hydrolysis) is 1. The minimum absolute atomic E-state index is 0.0520. The van der Waals surface area contributed by atoms with Gasteiger partial charge in [0.25, 0.3) is 10.0 Å². The van der Waals surface area contributed by atoms with Crippen molar-refractivity contribution in [2.45, 2.75) is 43.9 Å². The molecule has 3 aromatic rings. The number of imidazole rings is 1. The van der Waals surface area contributed by atoms with Gasteiger partial charge in [0.2, 0.25) is 0 Å². The van der Waals surface area contributed by atoms with Crippen molar-refractivity contribution in [2.75, 3.05) is 17.5 Å². The fourth-order valence-corrected chi connectivity index (χ4v) is 5.63. The first-order valence-corrected chi connectivity index (χ1v) is 13.5. The molecule has 9 nitrogen and oxygen atoms in total. The molecule has 0 fully saturated rings. The Labute approximate surface area is 220 Å². The van der Waals surface area contributed by atoms with Crippen molar-refractivity contribution in [3.8, 4) is 0 Å². The van der Waals surface area contributed by atoms with Crippen molar-refractivity contribution >= 4 is 45.0 Å². The number of sulfonamides is 1. The van der Waals surface area contributed by atoms with Crippen LogP contribution in [0.2, 0.25) is 10.0 Å². The molecule has 12 heteroatoms. The number of nitrogens with one attached hydrogen (secondary N) is 1. The van der Waals surface area contributed by atoms with Crippen molar-refractivity contribution in [3.05, 3.63) is 76.8 Å². The molecule has 0 radical (unpaired) electrons. The molecule has 1 atom stereocenters. The second-order valence-electron chi connectivity index (χ2n) is 8.04. The molecule has 0 aliphatic carbocycles. The lowest BCUT2D eigenvalue weighted by Gasteiger charge is -2.32. The summed E-state index contributed by atoms with van der Waals surface area (Å²) in [6, 6.07) is 10.0. The Morgan fingerprint density at radius 1 is 1.19 bits per heavy atom. The Morgan fingerprint density at radius 3 is 2.58 bits per heavy atom. The van der Waals surface area contributed by atoms with Gasteiger partial charge in [-0.15, -0.1) is 0 Å². The number of ether oxygens (including phenoxy) is 1. The van der Waals surface area contributed by atoms with Gasteiger partial charge in [0.1, 0.15) is 0 Å². The number of nitrogens with zero attached hydrogens (tertiary/aromatic N) is 3. The SMILES string of the molecule is C[C@H](CCCOC(=O)NCCn1ccnc1)N(c1cc(Cl)ccc1CO)S(=O)(=O)c1ccc(Cl)cc1. The highest BCUT2D eigenvalue weighted by Gasteiger charge is 2.31. The molecule has 1 heterocycles. The lowest BCUT2D eigenvalue weighted by atomic mass is 10.1. The van der Waals surface area contributed by atoms with Crippen molar-refractivity contribution in [1.29, 1.82) is 0 Å². The summed E-state index contributed by atoms with van der Waals surface area (Å²) in [6.07, 6.45) is 5.35. The molecule has 0 saturated carbocycles. The highest BCUT2D eigenvalue weighted by molar-refractivity contribution is 7.92. The number of rotatable bonds is 12. The largest absolute Gasteiger partial charge is 0.450 e. The second kappa shape index (κ2) is 13.0. The number of aliphatic hydroxyl groups excluding tert-OH is 1. The minimum atomic E-state index is -4.03. The number of amides is 1. The topological polar surface area (TPSA) is 114 Å². The van der Waals surface area contributed by atoms with Gasteiger partial charge in [0, 0.05) is 47.1 Å². The van der Waals surface area contributed by atoms with Gasteiger partial charge in [-0.2, -0.15) is 0 Å². The van der Waals surface area contributed by atoms with E-state index in [0.29, 0.717) is 41.5 Å². The molecule has 0 unspecified atom stereocenters. The molecule has 3 rings (SSSR count). The third kappa shape index (κ3) is 7.36. The number of hydrogen-bond donors (Lipinski definition) is 2. The summed E-state index contributed by atoms with van der Waals surface area (Å²) in [6.45, 7) is 2.45. The Morgan fingerprint density at radius 2 is 1.92 bits per heavy atom. The molecule has 0 saturated heterocycles. The van der Waals surface area contributed by atoms with Gasteiger partial charge >= 0.3 is 6.09 Å². The maximum absolute atomic E-state index is 13.7. The van der Waals surface area contributed by atoms with Crippen LogP contribution in [-0.4, -0.2) is 48.4 Å². The van der Waals surface area contributed by atoms with Gasteiger partial charge in [-0.1, -0.05) is 29.3 Å². The number of benzene rings is 2. The molecule has 2 aromatic carbocycles. The maximum Gasteiger partial charge on any atom is 0.407 e. The Bertz CT molecular complexity index is 1240. The van der Waals surface area contributed by atoms with Crippen LogP contribution in [0, 0.1) is 0 Å². The van der Waals surface area contributed by atoms with E-state index in [1.807, 2.05) is 4.57 Å². The Balaban J connectivity index is 1.68. The zero-order valence-corrected chi connectivity index (χ0v) is 22.0. The van der Waals surface area contributed by atoms with E-state index in [-0.39, 0.29) is 23.8 Å². The average Bonchev–Trinajstić information content (AvgIpc) is 3.36. The van der Waals surface area contributed by atoms with Crippen LogP contribution >= 0.6 is 23.2 Å². The highest BCUT2D eigenvalue weighted by atomic mass is 35.5. The quantitative estimate of drug-likeness (QED) is 0.319. The smallest absolute Gasteiger partial charge is 0.407 e. The average molecular weight is 555 g/mol. The van der Waals surface area contributed by atoms with E-state index in [2.05, 4.69) is 10.3 Å². The molecule has 1 amide bonds. The lowest BCUT2D eigenvalue weighted by molar-refractivity contribution is 0.143. The van der Waals surface area contributed by atoms with Gasteiger partial charge in [-0.05, 0) is 56.2 Å². The van der Waals surface area contributed by atoms with Crippen molar-refractivity contribution in [2.24, 2.45) is 0 Å². The first-order chi connectivity index (χ1) is 17.2. The van der Waals surface area contributed by atoms with E-state index in [9.17, 15) is 18.3 Å². The van der Waals surface area contributed by atoms with Crippen molar-refractivity contribution < 1.29 is 23.1 Å². The molecular formula is C24H28Cl2N4O5S. The number of anilines is 1. The number of aromatic nitrogens is 2. The molecule has 0 spiro atoms. The molecule has 0 aliphatic rings. The standard InChI is InChI=1S/C24H28Cl2N4O5S/c1-18(3-2-14-35-24(32)28-11-13-29-12-10-27-17-29)30(23-15-21(26)5-4-19(23)16-31)36(33,34)22-8-6-20(25)7-9-22/h4-10,12,15,17-18,31H,2-3,11,13-14,16H2,1H3,(H,28,32)/t18-/m1/s1. The normalized spacial score (nSPS) is 12.2. The molecule has 194 valence electrons. The number of hydrogen-bond acceptors (Lipinski definition) is 6. The third-order valence-corrected chi connectivity index (χ3v) is 7.85. The zero-order valence-electron chi connectivity index (χ0n) is 19.7. The maximum atomic E-state index is 13.7. The van der Waals surface area contributed by atoms with Crippen LogP contribution in [0.25, 0.3) is 0 Å². The van der Waals surface area contributed by atoms with Crippen LogP contribution in [-0.2, 0) is 27.9 Å². The van der Waals surface area contributed by atoms with E-state index in [4.69, 9.17) is 27.9 Å². The highest BCUT2D eigenvalue weighted by Crippen LogP contribution is 2.33. The van der Waals surface area contributed by atoms with Gasteiger partial charge in [0.15, 0.2) is 0 Å². The molecular weight excluding hydrogens is 527 g/mol. The molecule has 36 heavy (non-hydrogen) atoms. The van der Waals surface area contributed by atoms with E-state index >= 15 is 0 Å². The molecule has 1 aromatic heterocycles. The lowest BCUT2D eigenvalue weighted by Crippen LogP contribution is -2.39. The third-order valence-electron chi connectivity index (χ3n) is 5.42. The van der Waals surface area contributed by atoms with Crippen molar-refractivity contribution in [1.82, 2.24) is 14.9 Å². The summed E-state index contributed by atoms with van der Waals surface area (Å²) in [5, 5.41) is 13.3. The number of carbonyl (C=O) groups excluding carboxylic acids is 1. The molecule has 2 N–H and O–H groups in total. The second-order valence-corrected chi connectivity index (χ2v) is 10.7. The van der Waals surface area contributed by atoms with Crippen LogP contribution in [0.4, 0.5) is 10.5 Å². The van der Waals surface area contributed by atoms with E-state index < -0.39 is 22.2 Å². The summed E-state index contributed by atoms with van der Waals surface area (Å²) in [7, 11) is -4.03. The van der Waals surface area contributed by atoms with Crippen LogP contribution in [0.15, 0.2) is 66.1 Å². The fourth-order valence-electron chi connectivity index (χ4n) is 3.62. The summed E-state index contributed by atoms with van der Waals surface area (Å²) in [5.74, 6) is 0. The predicted octanol–water partition coefficient (Wildman–Crippen LogP) is 4.47. The monoisotopic (exact) mass is 554 g/mol. The first-order valence-electron chi connectivity index (χ1n) is 11.3. The fraction of sp³-hybridized carbons (Fsp3) is 0.333. The molecule has 0 aliphatic heterocycles. The number of aliphatic hydroxyl groups is 1. The van der Waals surface area contributed by atoms with Crippen LogP contribution < -0.4 is 9.62 Å². The van der Waals surface area contributed by atoms with E-state index in [1.54, 1.807) is 37.8 Å². The van der Waals surface area contributed by atoms with E-state index in [0.717, 1.165) is 0 Å². The van der Waals surface area contributed by atoms with Crippen LogP contribution in [0.3, 0.4) is 0 Å². The number of carbonyl (C=O) groups is 1. The summed E-state index contributed by atoms with van der Waals surface area (Å²) in [4.78, 5) is 15.9. The first kappa shape index (κ1) is 27.8. The van der Waals surface area contributed by atoms with Crippen LogP contribution in [0.5, 0.6) is 0 Å². The van der Waals surface area contributed by atoms with Crippen molar-refractivity contribution in [3.63, 3.8) is 0 Å². The van der Waals surface area contributed by atoms with Gasteiger partial charge in [0.05, 0.1) is 30.1 Å². The van der Waals surface area contributed by atoms with Gasteiger partial charge < -0.3 is 19.7 Å². The summed E-state index contributed by atoms with van der Waals surface area (Å²) >= 11 is 12.1. The van der Waals surface area contributed by atoms with Gasteiger partial charge in [-0.25, -0.2) is 18.2 Å². The Hall–Kier alpha value is -2.79. The summed E-state index contributed by atoms with van der Waals surface area (Å²) in [5.41, 5.74) is 0.697. The molecule has 0 bridgehead atoms. The van der Waals surface area contributed by atoms with Crippen LogP contribution in [0.1, 0.15) is 25.3 Å². The predicted molar refractivity (Wildman–Crippen MR) is 139 cm³/mol. The van der Waals surface area contributed by atoms with E-state index in [1.165, 1.54) is 34.6 Å². The van der Waals surface area contributed by atoms with Gasteiger partial charge in [-0.3, -0.25) is 4.31 Å². The summed E-state index contributed by atoms with van der Waals surface area (Å²) < 4.78 is 35.7. The minimum Gasteiger partial charge on any atom is -0.450 e. The Kier molecular flexibility index (Phi) is 10.0. The zero-order chi connectivity index (χ0) is 26.1. The number of halogens is 2.